The molecule has 2 saturated heterocycles. The Hall–Kier alpha value is -5.28. The predicted octanol–water partition coefficient (Wildman–Crippen LogP) is 10.0. The number of nitro groups is 1. The summed E-state index contributed by atoms with van der Waals surface area (Å²) in [5.74, 6) is 0.383. The third-order valence-corrected chi connectivity index (χ3v) is 13.1. The van der Waals surface area contributed by atoms with Crippen molar-refractivity contribution >= 4 is 62.2 Å². The highest BCUT2D eigenvalue weighted by Gasteiger charge is 2.30. The second kappa shape index (κ2) is 20.3. The van der Waals surface area contributed by atoms with E-state index in [9.17, 15) is 19.1 Å². The third kappa shape index (κ3) is 11.0. The molecule has 15 heteroatoms. The van der Waals surface area contributed by atoms with Gasteiger partial charge < -0.3 is 24.7 Å². The number of H-pyrrole nitrogens is 1. The van der Waals surface area contributed by atoms with Gasteiger partial charge in [-0.25, -0.2) is 9.19 Å². The molecular formula is C47H56ClN7O6S. The number of ether oxygens (including phenoxy) is 2. The van der Waals surface area contributed by atoms with Gasteiger partial charge in [-0.05, 0) is 103 Å². The van der Waals surface area contributed by atoms with E-state index >= 15 is 0 Å². The number of anilines is 2. The lowest BCUT2D eigenvalue weighted by atomic mass is 9.72. The maximum absolute atomic E-state index is 13.9. The van der Waals surface area contributed by atoms with Gasteiger partial charge in [0.2, 0.25) is 0 Å². The fourth-order valence-corrected chi connectivity index (χ4v) is 9.24. The van der Waals surface area contributed by atoms with E-state index in [1.807, 2.05) is 50.2 Å². The number of carbonyl (C=O) groups is 1. The largest absolute Gasteiger partial charge is 0.455 e. The fourth-order valence-electron chi connectivity index (χ4n) is 8.31. The summed E-state index contributed by atoms with van der Waals surface area (Å²) in [7, 11) is -2.11. The first-order valence-corrected chi connectivity index (χ1v) is 23.0. The van der Waals surface area contributed by atoms with Gasteiger partial charge >= 0.3 is 0 Å². The summed E-state index contributed by atoms with van der Waals surface area (Å²) >= 11 is 6.24. The molecule has 13 nitrogen and oxygen atoms in total. The van der Waals surface area contributed by atoms with Crippen LogP contribution in [-0.4, -0.2) is 82.4 Å². The van der Waals surface area contributed by atoms with Crippen molar-refractivity contribution in [3.05, 3.63) is 117 Å². The lowest BCUT2D eigenvalue weighted by molar-refractivity contribution is -0.384. The minimum atomic E-state index is -2.11. The fraction of sp³-hybridized carbons (Fsp3) is 0.404. The maximum atomic E-state index is 13.9. The van der Waals surface area contributed by atoms with E-state index in [0.29, 0.717) is 42.8 Å². The predicted molar refractivity (Wildman–Crippen MR) is 248 cm³/mol. The van der Waals surface area contributed by atoms with Gasteiger partial charge in [-0.3, -0.25) is 24.5 Å². The van der Waals surface area contributed by atoms with E-state index in [2.05, 4.69) is 55.8 Å². The molecule has 3 N–H and O–H groups in total. The van der Waals surface area contributed by atoms with E-state index in [4.69, 9.17) is 21.1 Å². The Labute approximate surface area is 371 Å². The molecule has 4 heterocycles. The Morgan fingerprint density at radius 2 is 1.79 bits per heavy atom. The standard InChI is InChI=1S/C45H50ClN7O6S.C2H6/c1-45(2)15-11-33(39(26-45)31-3-5-34(46)6-4-31)29-51-17-19-52(20-18-51)35-7-9-38(42(24-35)59-36-23-32-12-16-47-43(32)49-28-36)44(54)50-60(57)37-8-10-40(41(25-37)53(55)56)48-27-30-13-21-58-22-14-30;1-2/h3-10,12,16,23-25,28,30,48H,11,13-15,17-22,26-27,29H2,1-2H3,(H,47,49)(H,50,54);1-2H3. The highest BCUT2D eigenvalue weighted by Crippen LogP contribution is 2.43. The molecule has 2 aromatic heterocycles. The van der Waals surface area contributed by atoms with E-state index in [-0.39, 0.29) is 27.3 Å². The molecule has 0 saturated carbocycles. The first kappa shape index (κ1) is 44.8. The first-order valence-electron chi connectivity index (χ1n) is 21.5. The Morgan fingerprint density at radius 3 is 2.53 bits per heavy atom. The molecule has 1 unspecified atom stereocenters. The zero-order valence-electron chi connectivity index (χ0n) is 35.9. The number of rotatable bonds is 13. The molecule has 3 aromatic carbocycles. The van der Waals surface area contributed by atoms with Gasteiger partial charge in [0.05, 0.1) is 21.6 Å². The Morgan fingerprint density at radius 1 is 1.03 bits per heavy atom. The molecule has 328 valence electrons. The van der Waals surface area contributed by atoms with E-state index in [0.717, 1.165) is 80.9 Å². The maximum Gasteiger partial charge on any atom is 0.293 e. The van der Waals surface area contributed by atoms with E-state index in [1.54, 1.807) is 18.5 Å². The van der Waals surface area contributed by atoms with Crippen molar-refractivity contribution in [1.82, 2.24) is 19.6 Å². The molecule has 0 radical (unpaired) electrons. The molecule has 2 aliphatic heterocycles. The number of amides is 1. The Bertz CT molecular complexity index is 2420. The number of piperazine rings is 1. The highest BCUT2D eigenvalue weighted by atomic mass is 35.5. The van der Waals surface area contributed by atoms with Crippen LogP contribution in [0.5, 0.6) is 11.5 Å². The van der Waals surface area contributed by atoms with Crippen molar-refractivity contribution in [3.63, 3.8) is 0 Å². The monoisotopic (exact) mass is 881 g/mol. The number of nitrogens with zero attached hydrogens (tertiary/aromatic N) is 4. The van der Waals surface area contributed by atoms with Gasteiger partial charge in [0, 0.05) is 86.9 Å². The van der Waals surface area contributed by atoms with Gasteiger partial charge in [0.1, 0.15) is 22.8 Å². The molecule has 3 aliphatic rings. The second-order valence-electron chi connectivity index (χ2n) is 16.6. The van der Waals surface area contributed by atoms with Crippen LogP contribution in [0.25, 0.3) is 16.6 Å². The number of halogens is 1. The average molecular weight is 883 g/mol. The molecule has 0 bridgehead atoms. The number of nitro benzene ring substituents is 1. The van der Waals surface area contributed by atoms with Crippen molar-refractivity contribution in [1.29, 1.82) is 0 Å². The summed E-state index contributed by atoms with van der Waals surface area (Å²) in [4.78, 5) is 37.9. The van der Waals surface area contributed by atoms with Crippen molar-refractivity contribution in [2.75, 3.05) is 62.7 Å². The molecule has 2 fully saturated rings. The topological polar surface area (TPSA) is 155 Å². The number of carbonyl (C=O) groups excluding carboxylic acids is 1. The summed E-state index contributed by atoms with van der Waals surface area (Å²) in [5, 5.41) is 16.8. The Balaban J connectivity index is 0.00000285. The quantitative estimate of drug-likeness (QED) is 0.0769. The number of hydrogen-bond acceptors (Lipinski definition) is 10. The number of hydrogen-bond donors (Lipinski definition) is 3. The van der Waals surface area contributed by atoms with Crippen molar-refractivity contribution in [2.24, 2.45) is 11.3 Å². The number of pyridine rings is 1. The normalized spacial score (nSPS) is 17.5. The van der Waals surface area contributed by atoms with Gasteiger partial charge in [0.25, 0.3) is 11.6 Å². The zero-order chi connectivity index (χ0) is 43.8. The lowest BCUT2D eigenvalue weighted by Crippen LogP contribution is -2.47. The molecule has 62 heavy (non-hydrogen) atoms. The first-order chi connectivity index (χ1) is 30.0. The molecule has 5 aromatic rings. The van der Waals surface area contributed by atoms with Crippen molar-refractivity contribution in [3.8, 4) is 11.5 Å². The van der Waals surface area contributed by atoms with Crippen LogP contribution in [0.1, 0.15) is 75.7 Å². The Kier molecular flexibility index (Phi) is 14.6. The van der Waals surface area contributed by atoms with Crippen LogP contribution < -0.4 is 19.7 Å². The van der Waals surface area contributed by atoms with Crippen LogP contribution in [0, 0.1) is 21.4 Å². The number of fused-ring (bicyclic) bond motifs is 1. The molecule has 8 rings (SSSR count). The summed E-state index contributed by atoms with van der Waals surface area (Å²) in [6.45, 7) is 14.8. The van der Waals surface area contributed by atoms with Crippen LogP contribution in [-0.2, 0) is 15.7 Å². The van der Waals surface area contributed by atoms with E-state index < -0.39 is 21.8 Å². The van der Waals surface area contributed by atoms with Crippen molar-refractivity contribution in [2.45, 2.75) is 64.7 Å². The van der Waals surface area contributed by atoms with Crippen LogP contribution in [0.3, 0.4) is 0 Å². The zero-order valence-corrected chi connectivity index (χ0v) is 37.4. The molecule has 0 spiro atoms. The van der Waals surface area contributed by atoms with Gasteiger partial charge in [-0.2, -0.15) is 0 Å². The number of allylic oxidation sites excluding steroid dienone is 1. The summed E-state index contributed by atoms with van der Waals surface area (Å²) < 4.78 is 27.9. The molecule has 1 aliphatic carbocycles. The van der Waals surface area contributed by atoms with Crippen molar-refractivity contribution < 1.29 is 23.4 Å². The number of benzene rings is 3. The van der Waals surface area contributed by atoms with Crippen LogP contribution >= 0.6 is 11.6 Å². The van der Waals surface area contributed by atoms with E-state index in [1.165, 1.54) is 34.9 Å². The summed E-state index contributed by atoms with van der Waals surface area (Å²) in [6.07, 6.45) is 8.38. The van der Waals surface area contributed by atoms with Crippen LogP contribution in [0.4, 0.5) is 17.1 Å². The lowest BCUT2D eigenvalue weighted by Gasteiger charge is -2.39. The van der Waals surface area contributed by atoms with Gasteiger partial charge in [-0.1, -0.05) is 57.0 Å². The molecule has 1 amide bonds. The average Bonchev–Trinajstić information content (AvgIpc) is 3.76. The minimum Gasteiger partial charge on any atom is -0.455 e. The molecule has 1 atom stereocenters. The SMILES string of the molecule is CC.CC1(C)CCC(CN2CCN(c3ccc(C(=O)NS(=O)c4ccc(NCC5CCOCC5)c([N+](=O)[O-])c4)c(Oc4cnc5[nH]ccc5c4)c3)CC2)=C(c2ccc(Cl)cc2)C1. The molecular weight excluding hydrogens is 826 g/mol. The summed E-state index contributed by atoms with van der Waals surface area (Å²) in [6, 6.07) is 21.6. The smallest absolute Gasteiger partial charge is 0.293 e. The summed E-state index contributed by atoms with van der Waals surface area (Å²) in [5.41, 5.74) is 6.28. The second-order valence-corrected chi connectivity index (χ2v) is 18.3. The minimum absolute atomic E-state index is 0.0960. The van der Waals surface area contributed by atoms with Crippen LogP contribution in [0.15, 0.2) is 95.7 Å². The highest BCUT2D eigenvalue weighted by molar-refractivity contribution is 7.83. The van der Waals surface area contributed by atoms with Crippen LogP contribution in [0.2, 0.25) is 5.02 Å². The number of aromatic amines is 1. The third-order valence-electron chi connectivity index (χ3n) is 11.8. The van der Waals surface area contributed by atoms with Gasteiger partial charge in [0.15, 0.2) is 11.0 Å². The van der Waals surface area contributed by atoms with Gasteiger partial charge in [-0.15, -0.1) is 0 Å². The number of aromatic nitrogens is 2. The number of nitrogens with one attached hydrogen (secondary N) is 3.